The number of hydrogen-bond donors (Lipinski definition) is 2. The van der Waals surface area contributed by atoms with E-state index in [-0.39, 0.29) is 0 Å². The number of aromatic nitrogens is 2. The fourth-order valence-electron chi connectivity index (χ4n) is 0.689. The maximum atomic E-state index is 5.21. The number of nitrogens with two attached hydrogens (primary N) is 1. The van der Waals surface area contributed by atoms with E-state index in [0.29, 0.717) is 5.13 Å². The summed E-state index contributed by atoms with van der Waals surface area (Å²) in [6, 6.07) is 0. The van der Waals surface area contributed by atoms with Gasteiger partial charge in [0.15, 0.2) is 0 Å². The molecule has 6 heteroatoms. The van der Waals surface area contributed by atoms with Gasteiger partial charge in [-0.1, -0.05) is 11.3 Å². The van der Waals surface area contributed by atoms with Gasteiger partial charge in [-0.3, -0.25) is 0 Å². The van der Waals surface area contributed by atoms with E-state index in [1.165, 1.54) is 17.5 Å². The maximum absolute atomic E-state index is 5.21. The van der Waals surface area contributed by atoms with Crippen LogP contribution in [0.2, 0.25) is 0 Å². The third kappa shape index (κ3) is 2.83. The van der Waals surface area contributed by atoms with Gasteiger partial charge in [0.25, 0.3) is 0 Å². The molecule has 1 aromatic heterocycles. The second kappa shape index (κ2) is 4.56. The largest absolute Gasteiger partial charge is 0.405 e. The summed E-state index contributed by atoms with van der Waals surface area (Å²) in [6.07, 6.45) is 3.15. The summed E-state index contributed by atoms with van der Waals surface area (Å²) < 4.78 is 0. The summed E-state index contributed by atoms with van der Waals surface area (Å²) in [5, 5.41) is 12.0. The second-order valence-corrected chi connectivity index (χ2v) is 3.21. The molecule has 0 aliphatic heterocycles. The molecule has 0 atom stereocenters. The summed E-state index contributed by atoms with van der Waals surface area (Å²) in [4.78, 5) is 4.17. The molecule has 70 valence electrons. The number of nitrogens with zero attached hydrogens (tertiary/aromatic N) is 3. The van der Waals surface area contributed by atoms with Gasteiger partial charge in [0.2, 0.25) is 10.3 Å². The molecule has 0 radical (unpaired) electrons. The van der Waals surface area contributed by atoms with Crippen LogP contribution in [0.3, 0.4) is 0 Å². The standard InChI is InChI=1S/C7H11N5S/c1-5(3-4-8)10-7-12-11-6(9-2)13-7/h3-4H,8H2,1-2H3,(H,9,11)/b4-3-,10-5+. The first-order valence-corrected chi connectivity index (χ1v) is 4.52. The molecular formula is C7H11N5S. The van der Waals surface area contributed by atoms with Crippen LogP contribution in [-0.4, -0.2) is 23.0 Å². The summed E-state index contributed by atoms with van der Waals surface area (Å²) in [5.41, 5.74) is 6.01. The van der Waals surface area contributed by atoms with E-state index in [1.54, 1.807) is 13.1 Å². The van der Waals surface area contributed by atoms with Crippen molar-refractivity contribution in [3.05, 3.63) is 12.3 Å². The number of rotatable bonds is 3. The Morgan fingerprint density at radius 1 is 1.62 bits per heavy atom. The van der Waals surface area contributed by atoms with Gasteiger partial charge in [-0.05, 0) is 19.2 Å². The lowest BCUT2D eigenvalue weighted by atomic mass is 10.4. The Kier molecular flexibility index (Phi) is 3.39. The highest BCUT2D eigenvalue weighted by Gasteiger charge is 1.99. The minimum absolute atomic E-state index is 0.625. The number of anilines is 1. The predicted octanol–water partition coefficient (Wildman–Crippen LogP) is 1.14. The van der Waals surface area contributed by atoms with Crippen LogP contribution >= 0.6 is 11.3 Å². The van der Waals surface area contributed by atoms with Crippen molar-refractivity contribution >= 4 is 27.3 Å². The van der Waals surface area contributed by atoms with E-state index in [0.717, 1.165) is 10.8 Å². The van der Waals surface area contributed by atoms with Crippen LogP contribution in [0.15, 0.2) is 17.3 Å². The van der Waals surface area contributed by atoms with E-state index in [9.17, 15) is 0 Å². The Bertz CT molecular complexity index is 327. The normalized spacial score (nSPS) is 12.3. The van der Waals surface area contributed by atoms with Crippen molar-refractivity contribution < 1.29 is 0 Å². The van der Waals surface area contributed by atoms with Crippen molar-refractivity contribution in [3.63, 3.8) is 0 Å². The number of nitrogens with one attached hydrogen (secondary N) is 1. The van der Waals surface area contributed by atoms with E-state index < -0.39 is 0 Å². The summed E-state index contributed by atoms with van der Waals surface area (Å²) in [6.45, 7) is 1.85. The fourth-order valence-corrected chi connectivity index (χ4v) is 1.32. The second-order valence-electron chi connectivity index (χ2n) is 2.25. The van der Waals surface area contributed by atoms with E-state index >= 15 is 0 Å². The Labute approximate surface area is 80.4 Å². The molecule has 0 aliphatic rings. The van der Waals surface area contributed by atoms with Gasteiger partial charge in [0.05, 0.1) is 0 Å². The van der Waals surface area contributed by atoms with Crippen molar-refractivity contribution in [3.8, 4) is 0 Å². The molecule has 0 saturated carbocycles. The third-order valence-electron chi connectivity index (χ3n) is 1.24. The molecule has 1 rings (SSSR count). The minimum atomic E-state index is 0.625. The predicted molar refractivity (Wildman–Crippen MR) is 55.6 cm³/mol. The SMILES string of the molecule is CNc1nnc(/N=C(C)/C=C\N)s1. The molecule has 0 unspecified atom stereocenters. The van der Waals surface area contributed by atoms with Crippen molar-refractivity contribution in [2.24, 2.45) is 10.7 Å². The topological polar surface area (TPSA) is 76.2 Å². The highest BCUT2D eigenvalue weighted by molar-refractivity contribution is 7.18. The molecule has 0 aliphatic carbocycles. The van der Waals surface area contributed by atoms with Crippen LogP contribution in [-0.2, 0) is 0 Å². The zero-order valence-electron chi connectivity index (χ0n) is 7.48. The first-order valence-electron chi connectivity index (χ1n) is 3.71. The molecule has 0 spiro atoms. The van der Waals surface area contributed by atoms with Crippen molar-refractivity contribution in [1.82, 2.24) is 10.2 Å². The molecule has 0 saturated heterocycles. The Morgan fingerprint density at radius 2 is 2.38 bits per heavy atom. The van der Waals surface area contributed by atoms with Crippen LogP contribution < -0.4 is 11.1 Å². The van der Waals surface area contributed by atoms with E-state index in [1.807, 2.05) is 6.92 Å². The minimum Gasteiger partial charge on any atom is -0.405 e. The zero-order chi connectivity index (χ0) is 9.68. The monoisotopic (exact) mass is 197 g/mol. The van der Waals surface area contributed by atoms with Crippen molar-refractivity contribution in [2.45, 2.75) is 6.92 Å². The molecule has 1 aromatic rings. The van der Waals surface area contributed by atoms with Gasteiger partial charge in [-0.15, -0.1) is 10.2 Å². The highest BCUT2D eigenvalue weighted by Crippen LogP contribution is 2.22. The summed E-state index contributed by atoms with van der Waals surface area (Å²) in [7, 11) is 1.79. The van der Waals surface area contributed by atoms with Gasteiger partial charge in [-0.25, -0.2) is 4.99 Å². The van der Waals surface area contributed by atoms with Crippen LogP contribution in [0.25, 0.3) is 0 Å². The molecule has 1 heterocycles. The van der Waals surface area contributed by atoms with Gasteiger partial charge >= 0.3 is 0 Å². The average molecular weight is 197 g/mol. The third-order valence-corrected chi connectivity index (χ3v) is 2.07. The molecule has 5 nitrogen and oxygen atoms in total. The van der Waals surface area contributed by atoms with E-state index in [4.69, 9.17) is 5.73 Å². The lowest BCUT2D eigenvalue weighted by Gasteiger charge is -1.86. The van der Waals surface area contributed by atoms with Gasteiger partial charge in [0, 0.05) is 12.8 Å². The van der Waals surface area contributed by atoms with Crippen LogP contribution in [0.4, 0.5) is 10.3 Å². The molecule has 3 N–H and O–H groups in total. The average Bonchev–Trinajstić information content (AvgIpc) is 2.52. The van der Waals surface area contributed by atoms with Crippen LogP contribution in [0, 0.1) is 0 Å². The van der Waals surface area contributed by atoms with Gasteiger partial charge in [-0.2, -0.15) is 0 Å². The van der Waals surface area contributed by atoms with Crippen molar-refractivity contribution in [1.29, 1.82) is 0 Å². The lowest BCUT2D eigenvalue weighted by molar-refractivity contribution is 1.08. The molecule has 0 amide bonds. The van der Waals surface area contributed by atoms with E-state index in [2.05, 4.69) is 20.5 Å². The Hall–Kier alpha value is -1.43. The lowest BCUT2D eigenvalue weighted by Crippen LogP contribution is -1.86. The smallest absolute Gasteiger partial charge is 0.233 e. The summed E-state index contributed by atoms with van der Waals surface area (Å²) in [5.74, 6) is 0. The van der Waals surface area contributed by atoms with Gasteiger partial charge < -0.3 is 11.1 Å². The highest BCUT2D eigenvalue weighted by atomic mass is 32.1. The molecular weight excluding hydrogens is 186 g/mol. The van der Waals surface area contributed by atoms with Crippen LogP contribution in [0.5, 0.6) is 0 Å². The summed E-state index contributed by atoms with van der Waals surface area (Å²) >= 11 is 1.39. The molecule has 0 bridgehead atoms. The molecule has 0 aromatic carbocycles. The number of hydrogen-bond acceptors (Lipinski definition) is 6. The Balaban J connectivity index is 2.78. The van der Waals surface area contributed by atoms with Crippen LogP contribution in [0.1, 0.15) is 6.92 Å². The van der Waals surface area contributed by atoms with Gasteiger partial charge in [0.1, 0.15) is 0 Å². The Morgan fingerprint density at radius 3 is 2.92 bits per heavy atom. The molecule has 0 fully saturated rings. The number of aliphatic imine (C=N–C) groups is 1. The van der Waals surface area contributed by atoms with Crippen molar-refractivity contribution in [2.75, 3.05) is 12.4 Å². The fraction of sp³-hybridized carbons (Fsp3) is 0.286. The first kappa shape index (κ1) is 9.66. The molecule has 13 heavy (non-hydrogen) atoms. The maximum Gasteiger partial charge on any atom is 0.233 e. The quantitative estimate of drug-likeness (QED) is 0.712. The zero-order valence-corrected chi connectivity index (χ0v) is 8.30. The number of allylic oxidation sites excluding steroid dienone is 1. The first-order chi connectivity index (χ1) is 6.26.